The van der Waals surface area contributed by atoms with Crippen molar-refractivity contribution in [3.8, 4) is 22.3 Å². The molecule has 0 fully saturated rings. The molecule has 0 spiro atoms. The molecule has 54 heavy (non-hydrogen) atoms. The quantitative estimate of drug-likeness (QED) is 0.142. The number of hydrogen-bond acceptors (Lipinski definition) is 1. The summed E-state index contributed by atoms with van der Waals surface area (Å²) in [5.41, 5.74) is 15.5. The maximum atomic E-state index is 4.42. The molecule has 0 aromatic heterocycles. The molecule has 260 valence electrons. The fourth-order valence-corrected chi connectivity index (χ4v) is 12.3. The summed E-state index contributed by atoms with van der Waals surface area (Å²) in [6, 6.07) is 64.9. The first-order valence-electron chi connectivity index (χ1n) is 18.9. The van der Waals surface area contributed by atoms with Gasteiger partial charge in [0.15, 0.2) is 0 Å². The van der Waals surface area contributed by atoms with Crippen molar-refractivity contribution < 1.29 is 0 Å². The van der Waals surface area contributed by atoms with Crippen LogP contribution >= 0.6 is 0 Å². The van der Waals surface area contributed by atoms with E-state index in [-0.39, 0.29) is 0 Å². The second kappa shape index (κ2) is 13.3. The summed E-state index contributed by atoms with van der Waals surface area (Å²) in [5.74, 6) is 0. The first-order valence-corrected chi connectivity index (χ1v) is 21.9. The molecule has 0 amide bonds. The van der Waals surface area contributed by atoms with Crippen LogP contribution in [0.25, 0.3) is 27.8 Å². The number of rotatable bonds is 8. The van der Waals surface area contributed by atoms with E-state index in [0.29, 0.717) is 0 Å². The van der Waals surface area contributed by atoms with Gasteiger partial charge in [-0.1, -0.05) is 177 Å². The highest BCUT2D eigenvalue weighted by Gasteiger charge is 2.46. The smallest absolute Gasteiger partial charge is 0.113 e. The predicted octanol–water partition coefficient (Wildman–Crippen LogP) is 12.5. The molecule has 1 aliphatic heterocycles. The van der Waals surface area contributed by atoms with E-state index in [0.717, 1.165) is 17.1 Å². The van der Waals surface area contributed by atoms with Gasteiger partial charge in [-0.25, -0.2) is 0 Å². The van der Waals surface area contributed by atoms with Gasteiger partial charge >= 0.3 is 0 Å². The van der Waals surface area contributed by atoms with Gasteiger partial charge in [0.25, 0.3) is 0 Å². The molecule has 0 saturated heterocycles. The van der Waals surface area contributed by atoms with Crippen molar-refractivity contribution >= 4 is 41.1 Å². The van der Waals surface area contributed by atoms with Gasteiger partial charge in [-0.2, -0.15) is 0 Å². The minimum atomic E-state index is -1.79. The topological polar surface area (TPSA) is 3.24 Å². The summed E-state index contributed by atoms with van der Waals surface area (Å²) in [6.45, 7) is 11.5. The van der Waals surface area contributed by atoms with Crippen LogP contribution in [0.1, 0.15) is 29.2 Å². The SMILES string of the molecule is C=CC1=C(/C=C\C)c2ccccc2C1(c1ccccc1)c1ccc(N(c2ccc(-c3ccccc3)cc2)c2ccc3c(c2)-c2ccccc2[Si]3(C)C)cc1. The van der Waals surface area contributed by atoms with Crippen LogP contribution in [-0.4, -0.2) is 8.07 Å². The molecule has 1 unspecified atom stereocenters. The van der Waals surface area contributed by atoms with Gasteiger partial charge in [-0.15, -0.1) is 0 Å². The molecule has 1 nitrogen and oxygen atoms in total. The molecule has 9 rings (SSSR count). The number of nitrogens with zero attached hydrogens (tertiary/aromatic N) is 1. The van der Waals surface area contributed by atoms with Crippen LogP contribution in [0.4, 0.5) is 17.1 Å². The zero-order valence-corrected chi connectivity index (χ0v) is 32.1. The second-order valence-electron chi connectivity index (χ2n) is 14.9. The van der Waals surface area contributed by atoms with Crippen LogP contribution in [0.15, 0.2) is 206 Å². The van der Waals surface area contributed by atoms with E-state index in [1.165, 1.54) is 66.0 Å². The summed E-state index contributed by atoms with van der Waals surface area (Å²) < 4.78 is 0. The van der Waals surface area contributed by atoms with Crippen LogP contribution < -0.4 is 15.3 Å². The molecular weight excluding hydrogens is 667 g/mol. The lowest BCUT2D eigenvalue weighted by Crippen LogP contribution is -2.49. The maximum absolute atomic E-state index is 4.42. The molecule has 1 aliphatic carbocycles. The number of anilines is 3. The number of fused-ring (bicyclic) bond motifs is 4. The predicted molar refractivity (Wildman–Crippen MR) is 233 cm³/mol. The third-order valence-corrected chi connectivity index (χ3v) is 15.2. The Labute approximate surface area is 320 Å². The fraction of sp³-hybridized carbons (Fsp3) is 0.0769. The number of allylic oxidation sites excluding steroid dienone is 5. The second-order valence-corrected chi connectivity index (χ2v) is 19.2. The number of benzene rings is 7. The molecular formula is C52H43NSi. The summed E-state index contributed by atoms with van der Waals surface area (Å²) in [6.07, 6.45) is 6.45. The van der Waals surface area contributed by atoms with Gasteiger partial charge in [0.1, 0.15) is 8.07 Å². The molecule has 1 atom stereocenters. The van der Waals surface area contributed by atoms with Gasteiger partial charge in [0.2, 0.25) is 0 Å². The lowest BCUT2D eigenvalue weighted by molar-refractivity contribution is 0.762. The molecule has 0 radical (unpaired) electrons. The lowest BCUT2D eigenvalue weighted by atomic mass is 9.67. The molecule has 0 bridgehead atoms. The largest absolute Gasteiger partial charge is 0.310 e. The Hall–Kier alpha value is -6.22. The average Bonchev–Trinajstić information content (AvgIpc) is 3.64. The highest BCUT2D eigenvalue weighted by molar-refractivity contribution is 7.03. The van der Waals surface area contributed by atoms with Crippen LogP contribution in [0, 0.1) is 0 Å². The fourth-order valence-electron chi connectivity index (χ4n) is 9.21. The highest BCUT2D eigenvalue weighted by Crippen LogP contribution is 2.55. The van der Waals surface area contributed by atoms with Crippen LogP contribution in [0.3, 0.4) is 0 Å². The standard InChI is InChI=1S/C52H43NSi/c1-5-17-44-45-22-13-15-24-49(45)52(48(44)6-2,39-20-11-8-12-21-39)40-28-32-42(33-29-40)53(41-30-26-38(27-31-41)37-18-9-7-10-19-37)43-34-35-51-47(36-43)46-23-14-16-25-50(46)54(51,3)4/h5-36H,2H2,1,3-4H3/b17-5-. The molecule has 2 aliphatic rings. The van der Waals surface area contributed by atoms with Gasteiger partial charge < -0.3 is 4.90 Å². The molecule has 0 N–H and O–H groups in total. The summed E-state index contributed by atoms with van der Waals surface area (Å²) in [7, 11) is -1.79. The van der Waals surface area contributed by atoms with E-state index in [4.69, 9.17) is 0 Å². The Bertz CT molecular complexity index is 2580. The van der Waals surface area contributed by atoms with Gasteiger partial charge in [-0.3, -0.25) is 0 Å². The van der Waals surface area contributed by atoms with Gasteiger partial charge in [0.05, 0.1) is 5.41 Å². The molecule has 0 saturated carbocycles. The molecule has 7 aromatic rings. The summed E-state index contributed by atoms with van der Waals surface area (Å²) in [4.78, 5) is 2.42. The summed E-state index contributed by atoms with van der Waals surface area (Å²) >= 11 is 0. The van der Waals surface area contributed by atoms with Crippen molar-refractivity contribution in [1.29, 1.82) is 0 Å². The Balaban J connectivity index is 1.23. The Morgan fingerprint density at radius 2 is 1.06 bits per heavy atom. The lowest BCUT2D eigenvalue weighted by Gasteiger charge is -2.35. The Morgan fingerprint density at radius 1 is 0.519 bits per heavy atom. The monoisotopic (exact) mass is 709 g/mol. The minimum absolute atomic E-state index is 0.511. The van der Waals surface area contributed by atoms with E-state index < -0.39 is 13.5 Å². The van der Waals surface area contributed by atoms with Crippen molar-refractivity contribution in [2.45, 2.75) is 25.4 Å². The molecule has 7 aromatic carbocycles. The third kappa shape index (κ3) is 5.13. The zero-order valence-electron chi connectivity index (χ0n) is 31.1. The maximum Gasteiger partial charge on any atom is 0.113 e. The van der Waals surface area contributed by atoms with Crippen molar-refractivity contribution in [1.82, 2.24) is 0 Å². The van der Waals surface area contributed by atoms with E-state index in [1.807, 2.05) is 0 Å². The number of hydrogen-bond donors (Lipinski definition) is 0. The Kier molecular flexibility index (Phi) is 8.29. The van der Waals surface area contributed by atoms with E-state index >= 15 is 0 Å². The van der Waals surface area contributed by atoms with Crippen molar-refractivity contribution in [3.05, 3.63) is 229 Å². The van der Waals surface area contributed by atoms with Gasteiger partial charge in [0, 0.05) is 17.1 Å². The summed E-state index contributed by atoms with van der Waals surface area (Å²) in [5, 5.41) is 3.03. The van der Waals surface area contributed by atoms with Crippen molar-refractivity contribution in [2.75, 3.05) is 4.90 Å². The first-order chi connectivity index (χ1) is 26.5. The first kappa shape index (κ1) is 33.6. The Morgan fingerprint density at radius 3 is 1.74 bits per heavy atom. The van der Waals surface area contributed by atoms with Crippen LogP contribution in [0.2, 0.25) is 13.1 Å². The third-order valence-electron chi connectivity index (χ3n) is 11.7. The normalized spacial score (nSPS) is 16.6. The molecule has 1 heterocycles. The van der Waals surface area contributed by atoms with Crippen LogP contribution in [-0.2, 0) is 5.41 Å². The average molecular weight is 710 g/mol. The van der Waals surface area contributed by atoms with E-state index in [9.17, 15) is 0 Å². The molecule has 2 heteroatoms. The van der Waals surface area contributed by atoms with Crippen molar-refractivity contribution in [2.24, 2.45) is 0 Å². The van der Waals surface area contributed by atoms with E-state index in [2.05, 4.69) is 226 Å². The highest BCUT2D eigenvalue weighted by atomic mass is 28.3. The van der Waals surface area contributed by atoms with Crippen molar-refractivity contribution in [3.63, 3.8) is 0 Å². The van der Waals surface area contributed by atoms with Crippen LogP contribution in [0.5, 0.6) is 0 Å². The minimum Gasteiger partial charge on any atom is -0.310 e. The van der Waals surface area contributed by atoms with E-state index in [1.54, 1.807) is 0 Å². The van der Waals surface area contributed by atoms with Gasteiger partial charge in [-0.05, 0) is 109 Å². The zero-order chi connectivity index (χ0) is 36.9.